The van der Waals surface area contributed by atoms with Crippen molar-refractivity contribution in [1.82, 2.24) is 10.2 Å². The van der Waals surface area contributed by atoms with Crippen LogP contribution in [0.15, 0.2) is 72.8 Å². The second kappa shape index (κ2) is 12.3. The van der Waals surface area contributed by atoms with Crippen molar-refractivity contribution in [2.24, 2.45) is 0 Å². The molecular weight excluding hydrogens is 510 g/mol. The Morgan fingerprint density at radius 2 is 1.62 bits per heavy atom. The molecule has 0 saturated carbocycles. The number of hydrogen-bond acceptors (Lipinski definition) is 4. The van der Waals surface area contributed by atoms with Gasteiger partial charge in [-0.25, -0.2) is 8.42 Å². The fraction of sp³-hybridized carbons (Fsp3) is 0.286. The van der Waals surface area contributed by atoms with Crippen LogP contribution in [0.4, 0.5) is 5.69 Å². The molecule has 0 aromatic heterocycles. The zero-order chi connectivity index (χ0) is 27.2. The lowest BCUT2D eigenvalue weighted by molar-refractivity contribution is -0.139. The average Bonchev–Trinajstić information content (AvgIpc) is 2.84. The molecule has 9 heteroatoms. The first-order valence-electron chi connectivity index (χ1n) is 11.8. The number of hydrogen-bond donors (Lipinski definition) is 1. The van der Waals surface area contributed by atoms with E-state index in [-0.39, 0.29) is 18.9 Å². The molecule has 0 spiro atoms. The van der Waals surface area contributed by atoms with Gasteiger partial charge in [0.2, 0.25) is 21.8 Å². The summed E-state index contributed by atoms with van der Waals surface area (Å²) in [5.74, 6) is -0.829. The molecule has 3 aromatic rings. The Labute approximate surface area is 224 Å². The Hall–Kier alpha value is -3.36. The highest BCUT2D eigenvalue weighted by Gasteiger charge is 2.33. The predicted octanol–water partition coefficient (Wildman–Crippen LogP) is 4.11. The molecule has 0 bridgehead atoms. The summed E-state index contributed by atoms with van der Waals surface area (Å²) in [5, 5.41) is 3.13. The highest BCUT2D eigenvalue weighted by molar-refractivity contribution is 7.92. The fourth-order valence-electron chi connectivity index (χ4n) is 4.22. The van der Waals surface area contributed by atoms with E-state index in [9.17, 15) is 18.0 Å². The van der Waals surface area contributed by atoms with Crippen LogP contribution in [0.25, 0.3) is 0 Å². The number of benzene rings is 3. The van der Waals surface area contributed by atoms with Gasteiger partial charge in [-0.15, -0.1) is 0 Å². The number of anilines is 1. The maximum atomic E-state index is 13.9. The summed E-state index contributed by atoms with van der Waals surface area (Å²) >= 11 is 6.08. The molecule has 1 atom stereocenters. The number of likely N-dealkylation sites (N-methyl/N-ethyl adjacent to an activating group) is 1. The highest BCUT2D eigenvalue weighted by atomic mass is 35.5. The summed E-state index contributed by atoms with van der Waals surface area (Å²) in [6, 6.07) is 21.0. The minimum Gasteiger partial charge on any atom is -0.357 e. The van der Waals surface area contributed by atoms with Crippen LogP contribution < -0.4 is 9.62 Å². The van der Waals surface area contributed by atoms with Crippen molar-refractivity contribution in [1.29, 1.82) is 0 Å². The summed E-state index contributed by atoms with van der Waals surface area (Å²) in [4.78, 5) is 28.5. The van der Waals surface area contributed by atoms with Crippen LogP contribution in [0.2, 0.25) is 5.02 Å². The minimum atomic E-state index is -3.83. The average molecular weight is 542 g/mol. The second-order valence-corrected chi connectivity index (χ2v) is 11.4. The molecule has 0 aliphatic heterocycles. The number of sulfonamides is 1. The number of aryl methyl sites for hydroxylation is 2. The van der Waals surface area contributed by atoms with E-state index in [1.54, 1.807) is 25.1 Å². The summed E-state index contributed by atoms with van der Waals surface area (Å²) in [7, 11) is -2.31. The van der Waals surface area contributed by atoms with Gasteiger partial charge in [0.05, 0.1) is 11.9 Å². The van der Waals surface area contributed by atoms with Gasteiger partial charge >= 0.3 is 0 Å². The van der Waals surface area contributed by atoms with Crippen LogP contribution in [0.1, 0.15) is 22.3 Å². The number of nitrogens with one attached hydrogen (secondary N) is 1. The quantitative estimate of drug-likeness (QED) is 0.418. The third-order valence-electron chi connectivity index (χ3n) is 6.06. The van der Waals surface area contributed by atoms with E-state index in [4.69, 9.17) is 11.6 Å². The monoisotopic (exact) mass is 541 g/mol. The van der Waals surface area contributed by atoms with Crippen molar-refractivity contribution < 1.29 is 18.0 Å². The largest absolute Gasteiger partial charge is 0.357 e. The summed E-state index contributed by atoms with van der Waals surface area (Å²) in [5.41, 5.74) is 3.70. The van der Waals surface area contributed by atoms with E-state index < -0.39 is 28.5 Å². The van der Waals surface area contributed by atoms with E-state index >= 15 is 0 Å². The van der Waals surface area contributed by atoms with Crippen LogP contribution >= 0.6 is 11.6 Å². The van der Waals surface area contributed by atoms with Crippen molar-refractivity contribution in [3.05, 3.63) is 100 Å². The first kappa shape index (κ1) is 28.2. The molecule has 0 saturated heterocycles. The Bertz CT molecular complexity index is 1360. The zero-order valence-corrected chi connectivity index (χ0v) is 23.0. The third-order valence-corrected chi connectivity index (χ3v) is 7.42. The van der Waals surface area contributed by atoms with Gasteiger partial charge in [-0.2, -0.15) is 0 Å². The lowest BCUT2D eigenvalue weighted by Gasteiger charge is -2.33. The Kier molecular flexibility index (Phi) is 9.34. The van der Waals surface area contributed by atoms with Gasteiger partial charge in [0.1, 0.15) is 12.6 Å². The van der Waals surface area contributed by atoms with Crippen LogP contribution in [-0.4, -0.2) is 51.0 Å². The van der Waals surface area contributed by atoms with Gasteiger partial charge < -0.3 is 10.2 Å². The third kappa shape index (κ3) is 7.57. The number of carbonyl (C=O) groups excluding carboxylic acids is 2. The maximum Gasteiger partial charge on any atom is 0.244 e. The predicted molar refractivity (Wildman–Crippen MR) is 148 cm³/mol. The first-order valence-corrected chi connectivity index (χ1v) is 14.1. The van der Waals surface area contributed by atoms with Gasteiger partial charge in [0, 0.05) is 25.0 Å². The Balaban J connectivity index is 2.05. The smallest absolute Gasteiger partial charge is 0.244 e. The van der Waals surface area contributed by atoms with Crippen molar-refractivity contribution in [2.45, 2.75) is 32.9 Å². The lowest BCUT2D eigenvalue weighted by Crippen LogP contribution is -2.53. The van der Waals surface area contributed by atoms with Crippen LogP contribution in [0.3, 0.4) is 0 Å². The molecule has 37 heavy (non-hydrogen) atoms. The van der Waals surface area contributed by atoms with Gasteiger partial charge in [-0.1, -0.05) is 71.8 Å². The molecule has 0 aliphatic rings. The topological polar surface area (TPSA) is 86.8 Å². The van der Waals surface area contributed by atoms with Crippen molar-refractivity contribution in [3.63, 3.8) is 0 Å². The van der Waals surface area contributed by atoms with Crippen molar-refractivity contribution >= 4 is 39.1 Å². The summed E-state index contributed by atoms with van der Waals surface area (Å²) in [6.45, 7) is 3.36. The molecule has 0 fully saturated rings. The van der Waals surface area contributed by atoms with Gasteiger partial charge in [-0.05, 0) is 48.7 Å². The zero-order valence-electron chi connectivity index (χ0n) is 21.4. The highest BCUT2D eigenvalue weighted by Crippen LogP contribution is 2.26. The second-order valence-electron chi connectivity index (χ2n) is 9.03. The van der Waals surface area contributed by atoms with Crippen molar-refractivity contribution in [2.75, 3.05) is 24.2 Å². The molecular formula is C28H32ClN3O4S. The van der Waals surface area contributed by atoms with E-state index in [0.29, 0.717) is 16.3 Å². The fourth-order valence-corrected chi connectivity index (χ4v) is 5.35. The van der Waals surface area contributed by atoms with E-state index in [2.05, 4.69) is 5.32 Å². The number of nitrogens with zero attached hydrogens (tertiary/aromatic N) is 2. The molecule has 0 radical (unpaired) electrons. The lowest BCUT2D eigenvalue weighted by atomic mass is 10.0. The SMILES string of the molecule is CNC(=O)C(Cc1ccccc1)N(Cc1cccc(C)c1)C(=O)CN(c1ccc(Cl)cc1C)S(C)(=O)=O. The standard InChI is InChI=1S/C28H32ClN3O4S/c1-20-9-8-12-23(15-20)18-31(26(28(34)30-3)17-22-10-6-5-7-11-22)27(33)19-32(37(4,35)36)25-14-13-24(29)16-21(25)2/h5-16,26H,17-19H2,1-4H3,(H,30,34). The number of amides is 2. The number of rotatable bonds is 10. The van der Waals surface area contributed by atoms with Crippen LogP contribution in [-0.2, 0) is 32.6 Å². The van der Waals surface area contributed by atoms with Gasteiger partial charge in [-0.3, -0.25) is 13.9 Å². The number of carbonyl (C=O) groups is 2. The molecule has 7 nitrogen and oxygen atoms in total. The van der Waals surface area contributed by atoms with Gasteiger partial charge in [0.25, 0.3) is 0 Å². The summed E-state index contributed by atoms with van der Waals surface area (Å²) < 4.78 is 26.7. The molecule has 3 rings (SSSR count). The Morgan fingerprint density at radius 1 is 0.946 bits per heavy atom. The minimum absolute atomic E-state index is 0.142. The molecule has 3 aromatic carbocycles. The molecule has 1 N–H and O–H groups in total. The maximum absolute atomic E-state index is 13.9. The van der Waals surface area contributed by atoms with E-state index in [0.717, 1.165) is 27.3 Å². The molecule has 0 heterocycles. The first-order chi connectivity index (χ1) is 17.5. The van der Waals surface area contributed by atoms with Crippen LogP contribution in [0.5, 0.6) is 0 Å². The molecule has 196 valence electrons. The van der Waals surface area contributed by atoms with Crippen molar-refractivity contribution in [3.8, 4) is 0 Å². The van der Waals surface area contributed by atoms with E-state index in [1.165, 1.54) is 11.9 Å². The normalized spacial score (nSPS) is 12.0. The molecule has 1 unspecified atom stereocenters. The summed E-state index contributed by atoms with van der Waals surface area (Å²) in [6.07, 6.45) is 1.33. The van der Waals surface area contributed by atoms with Crippen LogP contribution in [0, 0.1) is 13.8 Å². The molecule has 2 amide bonds. The van der Waals surface area contributed by atoms with Gasteiger partial charge in [0.15, 0.2) is 0 Å². The number of halogens is 1. The Morgan fingerprint density at radius 3 is 2.22 bits per heavy atom. The molecule has 0 aliphatic carbocycles. The van der Waals surface area contributed by atoms with E-state index in [1.807, 2.05) is 61.5 Å².